The van der Waals surface area contributed by atoms with Gasteiger partial charge in [0.2, 0.25) is 0 Å². The molecule has 0 fully saturated rings. The van der Waals surface area contributed by atoms with Crippen molar-refractivity contribution >= 4 is 21.6 Å². The van der Waals surface area contributed by atoms with Crippen molar-refractivity contribution in [2.24, 2.45) is 5.73 Å². The van der Waals surface area contributed by atoms with E-state index >= 15 is 0 Å². The Morgan fingerprint density at radius 3 is 2.82 bits per heavy atom. The Kier molecular flexibility index (Phi) is 3.17. The number of nitrogens with two attached hydrogens (primary N) is 1. The Morgan fingerprint density at radius 1 is 1.53 bits per heavy atom. The number of nitrogens with one attached hydrogen (secondary N) is 1. The van der Waals surface area contributed by atoms with Gasteiger partial charge in [0, 0.05) is 11.4 Å². The molecular weight excluding hydrogens is 238 g/mol. The lowest BCUT2D eigenvalue weighted by Crippen LogP contribution is -2.39. The summed E-state index contributed by atoms with van der Waals surface area (Å²) in [5.74, 6) is 0. The molecule has 0 amide bonds. The van der Waals surface area contributed by atoms with Gasteiger partial charge in [-0.1, -0.05) is 6.92 Å². The smallest absolute Gasteiger partial charge is 0.328 e. The van der Waals surface area contributed by atoms with Crippen LogP contribution in [0.4, 0.5) is 0 Å². The molecule has 0 aromatic carbocycles. The summed E-state index contributed by atoms with van der Waals surface area (Å²) in [7, 11) is 0. The number of thiophene rings is 1. The molecule has 2 rings (SSSR count). The first-order chi connectivity index (χ1) is 8.08. The highest BCUT2D eigenvalue weighted by Crippen LogP contribution is 2.20. The molecule has 0 saturated heterocycles. The molecule has 0 aliphatic carbocycles. The van der Waals surface area contributed by atoms with E-state index in [0.717, 1.165) is 11.3 Å². The molecule has 2 aromatic rings. The highest BCUT2D eigenvalue weighted by Gasteiger charge is 2.14. The first-order valence-corrected chi connectivity index (χ1v) is 6.37. The van der Waals surface area contributed by atoms with Crippen molar-refractivity contribution in [3.05, 3.63) is 31.8 Å². The second-order valence-electron chi connectivity index (χ2n) is 4.00. The Bertz CT molecular complexity index is 653. The van der Waals surface area contributed by atoms with Crippen LogP contribution in [0.15, 0.2) is 15.7 Å². The van der Waals surface area contributed by atoms with Gasteiger partial charge in [0.25, 0.3) is 5.56 Å². The fourth-order valence-electron chi connectivity index (χ4n) is 1.75. The standard InChI is InChI=1S/C11H15N3O2S/c1-3-7-4-8-9(17-7)13-11(16)14(10(8)15)6(2)5-12/h4,6H,3,5,12H2,1-2H3,(H,13,16). The Hall–Kier alpha value is -1.40. The lowest BCUT2D eigenvalue weighted by molar-refractivity contribution is 0.518. The monoisotopic (exact) mass is 253 g/mol. The van der Waals surface area contributed by atoms with Crippen LogP contribution < -0.4 is 17.0 Å². The Labute approximate surface area is 102 Å². The van der Waals surface area contributed by atoms with Crippen LogP contribution in [-0.4, -0.2) is 16.1 Å². The fourth-order valence-corrected chi connectivity index (χ4v) is 2.73. The van der Waals surface area contributed by atoms with Gasteiger partial charge in [-0.05, 0) is 19.4 Å². The molecule has 0 bridgehead atoms. The molecule has 17 heavy (non-hydrogen) atoms. The summed E-state index contributed by atoms with van der Waals surface area (Å²) in [6, 6.07) is 1.55. The average molecular weight is 253 g/mol. The number of H-pyrrole nitrogens is 1. The van der Waals surface area contributed by atoms with E-state index in [0.29, 0.717) is 10.2 Å². The molecule has 2 aromatic heterocycles. The summed E-state index contributed by atoms with van der Waals surface area (Å²) in [5, 5.41) is 0.576. The van der Waals surface area contributed by atoms with Gasteiger partial charge in [0.1, 0.15) is 4.83 Å². The number of hydrogen-bond donors (Lipinski definition) is 2. The average Bonchev–Trinajstić information content (AvgIpc) is 2.71. The molecule has 1 atom stereocenters. The van der Waals surface area contributed by atoms with Crippen molar-refractivity contribution in [1.29, 1.82) is 0 Å². The maximum atomic E-state index is 12.2. The highest BCUT2D eigenvalue weighted by atomic mass is 32.1. The third-order valence-electron chi connectivity index (χ3n) is 2.80. The number of aryl methyl sites for hydroxylation is 1. The van der Waals surface area contributed by atoms with Gasteiger partial charge in [-0.2, -0.15) is 0 Å². The van der Waals surface area contributed by atoms with Crippen LogP contribution in [0.3, 0.4) is 0 Å². The lowest BCUT2D eigenvalue weighted by atomic mass is 10.3. The Morgan fingerprint density at radius 2 is 2.24 bits per heavy atom. The van der Waals surface area contributed by atoms with Crippen molar-refractivity contribution in [2.75, 3.05) is 6.54 Å². The summed E-state index contributed by atoms with van der Waals surface area (Å²) in [4.78, 5) is 28.5. The fraction of sp³-hybridized carbons (Fsp3) is 0.455. The van der Waals surface area contributed by atoms with Gasteiger partial charge in [0.15, 0.2) is 0 Å². The first-order valence-electron chi connectivity index (χ1n) is 5.55. The van der Waals surface area contributed by atoms with Crippen molar-refractivity contribution < 1.29 is 0 Å². The van der Waals surface area contributed by atoms with E-state index < -0.39 is 0 Å². The van der Waals surface area contributed by atoms with E-state index in [1.807, 2.05) is 13.0 Å². The van der Waals surface area contributed by atoms with E-state index in [2.05, 4.69) is 4.98 Å². The molecule has 5 nitrogen and oxygen atoms in total. The molecule has 0 radical (unpaired) electrons. The van der Waals surface area contributed by atoms with E-state index in [1.165, 1.54) is 15.9 Å². The van der Waals surface area contributed by atoms with Crippen molar-refractivity contribution in [3.63, 3.8) is 0 Å². The minimum Gasteiger partial charge on any atom is -0.328 e. The van der Waals surface area contributed by atoms with E-state index in [9.17, 15) is 9.59 Å². The predicted octanol–water partition coefficient (Wildman–Crippen LogP) is 0.833. The molecule has 3 N–H and O–H groups in total. The molecule has 0 aliphatic rings. The van der Waals surface area contributed by atoms with Gasteiger partial charge < -0.3 is 5.73 Å². The number of hydrogen-bond acceptors (Lipinski definition) is 4. The van der Waals surface area contributed by atoms with Crippen molar-refractivity contribution in [1.82, 2.24) is 9.55 Å². The minimum absolute atomic E-state index is 0.252. The van der Waals surface area contributed by atoms with Crippen LogP contribution in [0.2, 0.25) is 0 Å². The summed E-state index contributed by atoms with van der Waals surface area (Å²) in [6.45, 7) is 4.04. The number of aromatic amines is 1. The third-order valence-corrected chi connectivity index (χ3v) is 4.00. The third kappa shape index (κ3) is 1.94. The zero-order valence-electron chi connectivity index (χ0n) is 9.82. The van der Waals surface area contributed by atoms with Gasteiger partial charge in [-0.25, -0.2) is 4.79 Å². The largest absolute Gasteiger partial charge is 0.329 e. The van der Waals surface area contributed by atoms with Gasteiger partial charge in [0.05, 0.1) is 11.4 Å². The topological polar surface area (TPSA) is 80.9 Å². The molecule has 0 spiro atoms. The summed E-state index contributed by atoms with van der Waals surface area (Å²) in [6.07, 6.45) is 0.854. The summed E-state index contributed by atoms with van der Waals surface area (Å²) in [5.41, 5.74) is 4.87. The molecular formula is C11H15N3O2S. The number of fused-ring (bicyclic) bond motifs is 1. The van der Waals surface area contributed by atoms with Crippen molar-refractivity contribution in [2.45, 2.75) is 26.3 Å². The minimum atomic E-state index is -0.384. The van der Waals surface area contributed by atoms with Crippen LogP contribution in [0.25, 0.3) is 10.2 Å². The lowest BCUT2D eigenvalue weighted by Gasteiger charge is -2.10. The normalized spacial score (nSPS) is 13.1. The second-order valence-corrected chi connectivity index (χ2v) is 5.14. The SMILES string of the molecule is CCc1cc2c(=O)n(C(C)CN)c(=O)[nH]c2s1. The quantitative estimate of drug-likeness (QED) is 0.850. The van der Waals surface area contributed by atoms with E-state index in [4.69, 9.17) is 5.73 Å². The van der Waals surface area contributed by atoms with Crippen LogP contribution in [-0.2, 0) is 6.42 Å². The second kappa shape index (κ2) is 4.46. The molecule has 6 heteroatoms. The highest BCUT2D eigenvalue weighted by molar-refractivity contribution is 7.18. The van der Waals surface area contributed by atoms with Gasteiger partial charge in [-0.15, -0.1) is 11.3 Å². The molecule has 0 aliphatic heterocycles. The molecule has 2 heterocycles. The zero-order chi connectivity index (χ0) is 12.6. The van der Waals surface area contributed by atoms with Crippen LogP contribution >= 0.6 is 11.3 Å². The van der Waals surface area contributed by atoms with E-state index in [1.54, 1.807) is 6.92 Å². The zero-order valence-corrected chi connectivity index (χ0v) is 10.6. The maximum Gasteiger partial charge on any atom is 0.329 e. The predicted molar refractivity (Wildman–Crippen MR) is 69.8 cm³/mol. The summed E-state index contributed by atoms with van der Waals surface area (Å²) >= 11 is 1.45. The van der Waals surface area contributed by atoms with Gasteiger partial charge in [-0.3, -0.25) is 14.3 Å². The number of rotatable bonds is 3. The summed E-state index contributed by atoms with van der Waals surface area (Å²) < 4.78 is 1.19. The number of nitrogens with zero attached hydrogens (tertiary/aromatic N) is 1. The van der Waals surface area contributed by atoms with Crippen LogP contribution in [0.1, 0.15) is 24.8 Å². The molecule has 1 unspecified atom stereocenters. The number of aromatic nitrogens is 2. The maximum absolute atomic E-state index is 12.2. The van der Waals surface area contributed by atoms with Crippen LogP contribution in [0.5, 0.6) is 0 Å². The molecule has 92 valence electrons. The van der Waals surface area contributed by atoms with Crippen molar-refractivity contribution in [3.8, 4) is 0 Å². The Balaban J connectivity index is 2.79. The first kappa shape index (κ1) is 12.1. The van der Waals surface area contributed by atoms with Crippen LogP contribution in [0, 0.1) is 0 Å². The molecule has 0 saturated carbocycles. The van der Waals surface area contributed by atoms with E-state index in [-0.39, 0.29) is 23.8 Å². The van der Waals surface area contributed by atoms with Gasteiger partial charge >= 0.3 is 5.69 Å².